The van der Waals surface area contributed by atoms with Gasteiger partial charge in [-0.25, -0.2) is 0 Å². The first-order valence-electron chi connectivity index (χ1n) is 9.12. The molecule has 0 saturated heterocycles. The van der Waals surface area contributed by atoms with Crippen molar-refractivity contribution in [3.05, 3.63) is 17.5 Å². The minimum Gasteiger partial charge on any atom is -0.381 e. The van der Waals surface area contributed by atoms with Crippen LogP contribution in [-0.2, 0) is 4.74 Å². The molecule has 3 fully saturated rings. The van der Waals surface area contributed by atoms with Crippen molar-refractivity contribution in [2.75, 3.05) is 13.7 Å². The van der Waals surface area contributed by atoms with E-state index < -0.39 is 0 Å². The molecule has 0 amide bonds. The minimum absolute atomic E-state index is 0.391. The van der Waals surface area contributed by atoms with E-state index in [4.69, 9.17) is 15.6 Å². The average molecular weight is 303 g/mol. The van der Waals surface area contributed by atoms with Gasteiger partial charge in [0.1, 0.15) is 0 Å². The summed E-state index contributed by atoms with van der Waals surface area (Å²) in [5.74, 6) is 2.00. The molecule has 1 aromatic rings. The molecule has 0 aliphatic heterocycles. The Labute approximate surface area is 133 Å². The molecule has 2 N–H and O–H groups in total. The highest BCUT2D eigenvalue weighted by atomic mass is 16.5. The van der Waals surface area contributed by atoms with E-state index in [1.165, 1.54) is 62.6 Å². The minimum atomic E-state index is 0.391. The van der Waals surface area contributed by atoms with Gasteiger partial charge >= 0.3 is 0 Å². The van der Waals surface area contributed by atoms with Gasteiger partial charge in [0.2, 0.25) is 0 Å². The molecule has 3 aliphatic rings. The normalized spacial score (nSPS) is 35.4. The third-order valence-electron chi connectivity index (χ3n) is 6.08. The summed E-state index contributed by atoms with van der Waals surface area (Å²) in [7, 11) is 1.88. The molecule has 2 atom stereocenters. The third kappa shape index (κ3) is 2.61. The van der Waals surface area contributed by atoms with Crippen LogP contribution in [0.1, 0.15) is 80.5 Å². The zero-order valence-corrected chi connectivity index (χ0v) is 13.7. The molecule has 2 unspecified atom stereocenters. The quantitative estimate of drug-likeness (QED) is 0.907. The van der Waals surface area contributed by atoms with Crippen molar-refractivity contribution in [1.82, 2.24) is 9.78 Å². The largest absolute Gasteiger partial charge is 0.381 e. The van der Waals surface area contributed by atoms with Gasteiger partial charge in [-0.1, -0.05) is 12.8 Å². The van der Waals surface area contributed by atoms with Crippen LogP contribution in [0.3, 0.4) is 0 Å². The highest BCUT2D eigenvalue weighted by Crippen LogP contribution is 2.47. The van der Waals surface area contributed by atoms with E-state index in [0.29, 0.717) is 24.0 Å². The first-order valence-corrected chi connectivity index (χ1v) is 9.12. The van der Waals surface area contributed by atoms with Gasteiger partial charge in [-0.3, -0.25) is 4.68 Å². The van der Waals surface area contributed by atoms with E-state index in [-0.39, 0.29) is 0 Å². The number of aromatic nitrogens is 2. The second-order valence-electron chi connectivity index (χ2n) is 7.62. The summed E-state index contributed by atoms with van der Waals surface area (Å²) >= 11 is 0. The molecule has 4 heteroatoms. The summed E-state index contributed by atoms with van der Waals surface area (Å²) in [4.78, 5) is 0. The van der Waals surface area contributed by atoms with Gasteiger partial charge in [-0.15, -0.1) is 0 Å². The summed E-state index contributed by atoms with van der Waals surface area (Å²) < 4.78 is 8.08. The number of methoxy groups -OCH3 is 1. The zero-order chi connectivity index (χ0) is 15.1. The Morgan fingerprint density at radius 1 is 1.23 bits per heavy atom. The third-order valence-corrected chi connectivity index (χ3v) is 6.08. The van der Waals surface area contributed by atoms with E-state index >= 15 is 0 Å². The average Bonchev–Trinajstić information content (AvgIpc) is 3.26. The highest BCUT2D eigenvalue weighted by molar-refractivity contribution is 5.30. The maximum atomic E-state index is 5.80. The van der Waals surface area contributed by atoms with Gasteiger partial charge in [0.15, 0.2) is 0 Å². The van der Waals surface area contributed by atoms with Crippen LogP contribution < -0.4 is 5.73 Å². The maximum absolute atomic E-state index is 5.80. The predicted octanol–water partition coefficient (Wildman–Crippen LogP) is 3.34. The van der Waals surface area contributed by atoms with Crippen molar-refractivity contribution in [3.63, 3.8) is 0 Å². The van der Waals surface area contributed by atoms with Crippen molar-refractivity contribution >= 4 is 0 Å². The van der Waals surface area contributed by atoms with Gasteiger partial charge in [0.25, 0.3) is 0 Å². The monoisotopic (exact) mass is 303 g/mol. The molecule has 3 aliphatic carbocycles. The molecule has 122 valence electrons. The molecule has 0 radical (unpaired) electrons. The number of nitrogens with two attached hydrogens (primary N) is 1. The second-order valence-corrected chi connectivity index (χ2v) is 7.62. The van der Waals surface area contributed by atoms with E-state index in [1.54, 1.807) is 0 Å². The SMILES string of the molecule is COC1CCCCC1c1cn(C2CC(CN)C2)nc1C1CC1. The van der Waals surface area contributed by atoms with Crippen molar-refractivity contribution in [1.29, 1.82) is 0 Å². The lowest BCUT2D eigenvalue weighted by Gasteiger charge is -2.34. The summed E-state index contributed by atoms with van der Waals surface area (Å²) in [6, 6.07) is 0.587. The van der Waals surface area contributed by atoms with Gasteiger partial charge in [0, 0.05) is 25.1 Å². The van der Waals surface area contributed by atoms with Crippen LogP contribution in [0.15, 0.2) is 6.20 Å². The molecule has 0 bridgehead atoms. The van der Waals surface area contributed by atoms with E-state index in [2.05, 4.69) is 10.9 Å². The van der Waals surface area contributed by atoms with Crippen molar-refractivity contribution < 1.29 is 4.74 Å². The second kappa shape index (κ2) is 5.97. The number of nitrogens with zero attached hydrogens (tertiary/aromatic N) is 2. The molecule has 1 heterocycles. The van der Waals surface area contributed by atoms with E-state index in [0.717, 1.165) is 12.5 Å². The standard InChI is InChI=1S/C18H29N3O/c1-22-17-5-3-2-4-15(17)16-11-21(14-8-12(9-14)10-19)20-18(16)13-6-7-13/h11-15,17H,2-10,19H2,1H3. The summed E-state index contributed by atoms with van der Waals surface area (Å²) in [6.45, 7) is 0.828. The van der Waals surface area contributed by atoms with Crippen LogP contribution in [0.4, 0.5) is 0 Å². The highest BCUT2D eigenvalue weighted by Gasteiger charge is 2.38. The number of hydrogen-bond acceptors (Lipinski definition) is 3. The lowest BCUT2D eigenvalue weighted by Crippen LogP contribution is -2.32. The van der Waals surface area contributed by atoms with Crippen molar-refractivity contribution in [2.24, 2.45) is 11.7 Å². The lowest BCUT2D eigenvalue weighted by atomic mass is 9.80. The Kier molecular flexibility index (Phi) is 3.99. The molecule has 4 nitrogen and oxygen atoms in total. The smallest absolute Gasteiger partial charge is 0.0691 e. The number of ether oxygens (including phenoxy) is 1. The Hall–Kier alpha value is -0.870. The van der Waals surface area contributed by atoms with Gasteiger partial charge in [0.05, 0.1) is 17.8 Å². The Morgan fingerprint density at radius 2 is 2.00 bits per heavy atom. The number of rotatable bonds is 5. The van der Waals surface area contributed by atoms with Crippen LogP contribution in [0.2, 0.25) is 0 Å². The van der Waals surface area contributed by atoms with E-state index in [9.17, 15) is 0 Å². The molecule has 3 saturated carbocycles. The molecular weight excluding hydrogens is 274 g/mol. The molecule has 4 rings (SSSR count). The predicted molar refractivity (Wildman–Crippen MR) is 87.0 cm³/mol. The fourth-order valence-corrected chi connectivity index (χ4v) is 4.41. The Bertz CT molecular complexity index is 516. The Morgan fingerprint density at radius 3 is 2.68 bits per heavy atom. The summed E-state index contributed by atoms with van der Waals surface area (Å²) in [6.07, 6.45) is 12.9. The Balaban J connectivity index is 1.59. The first kappa shape index (κ1) is 14.7. The van der Waals surface area contributed by atoms with Gasteiger partial charge in [-0.2, -0.15) is 5.10 Å². The molecular formula is C18H29N3O. The van der Waals surface area contributed by atoms with Crippen molar-refractivity contribution in [3.8, 4) is 0 Å². The van der Waals surface area contributed by atoms with Crippen LogP contribution in [0, 0.1) is 5.92 Å². The number of hydrogen-bond donors (Lipinski definition) is 1. The van der Waals surface area contributed by atoms with Gasteiger partial charge in [-0.05, 0) is 56.6 Å². The van der Waals surface area contributed by atoms with Crippen molar-refractivity contribution in [2.45, 2.75) is 75.3 Å². The molecule has 0 spiro atoms. The van der Waals surface area contributed by atoms with Crippen LogP contribution in [0.5, 0.6) is 0 Å². The summed E-state index contributed by atoms with van der Waals surface area (Å²) in [5, 5.41) is 5.03. The molecule has 22 heavy (non-hydrogen) atoms. The van der Waals surface area contributed by atoms with Crippen LogP contribution in [0.25, 0.3) is 0 Å². The fourth-order valence-electron chi connectivity index (χ4n) is 4.41. The summed E-state index contributed by atoms with van der Waals surface area (Å²) in [5.41, 5.74) is 8.67. The lowest BCUT2D eigenvalue weighted by molar-refractivity contribution is 0.0520. The van der Waals surface area contributed by atoms with Gasteiger partial charge < -0.3 is 10.5 Å². The fraction of sp³-hybridized carbons (Fsp3) is 0.833. The van der Waals surface area contributed by atoms with E-state index in [1.807, 2.05) is 7.11 Å². The molecule has 0 aromatic carbocycles. The van der Waals surface area contributed by atoms with Crippen LogP contribution >= 0.6 is 0 Å². The first-order chi connectivity index (χ1) is 10.8. The maximum Gasteiger partial charge on any atom is 0.0691 e. The zero-order valence-electron chi connectivity index (χ0n) is 13.7. The molecule has 1 aromatic heterocycles. The van der Waals surface area contributed by atoms with Crippen LogP contribution in [-0.4, -0.2) is 29.5 Å². The topological polar surface area (TPSA) is 53.1 Å².